The largest absolute Gasteiger partial charge is 0.328 e. The van der Waals surface area contributed by atoms with Crippen LogP contribution in [0.25, 0.3) is 0 Å². The zero-order valence-corrected chi connectivity index (χ0v) is 9.49. The van der Waals surface area contributed by atoms with Crippen LogP contribution in [0.4, 0.5) is 4.39 Å². The van der Waals surface area contributed by atoms with E-state index < -0.39 is 5.82 Å². The first-order valence-electron chi connectivity index (χ1n) is 3.89. The molecule has 4 heteroatoms. The first-order chi connectivity index (χ1) is 6.00. The van der Waals surface area contributed by atoms with E-state index in [1.54, 1.807) is 6.07 Å². The van der Waals surface area contributed by atoms with Gasteiger partial charge in [-0.2, -0.15) is 0 Å². The Hall–Kier alpha value is -0.120. The van der Waals surface area contributed by atoms with Crippen molar-refractivity contribution in [2.45, 2.75) is 19.4 Å². The number of rotatable bonds is 2. The average molecular weight is 267 g/mol. The Balaban J connectivity index is 3.05. The van der Waals surface area contributed by atoms with Gasteiger partial charge < -0.3 is 5.73 Å². The van der Waals surface area contributed by atoms with E-state index >= 15 is 0 Å². The molecule has 0 aliphatic rings. The summed E-state index contributed by atoms with van der Waals surface area (Å²) in [5, 5.41) is 0.167. The fraction of sp³-hybridized carbons (Fsp3) is 0.333. The lowest BCUT2D eigenvalue weighted by atomic mass is 10.1. The highest BCUT2D eigenvalue weighted by atomic mass is 79.9. The van der Waals surface area contributed by atoms with Crippen molar-refractivity contribution in [1.29, 1.82) is 0 Å². The third-order valence-electron chi connectivity index (χ3n) is 1.61. The summed E-state index contributed by atoms with van der Waals surface area (Å²) in [7, 11) is 0. The van der Waals surface area contributed by atoms with Crippen LogP contribution in [0.15, 0.2) is 16.6 Å². The van der Waals surface area contributed by atoms with Gasteiger partial charge in [-0.3, -0.25) is 0 Å². The number of hydrogen-bond acceptors (Lipinski definition) is 1. The lowest BCUT2D eigenvalue weighted by Gasteiger charge is -2.08. The van der Waals surface area contributed by atoms with Gasteiger partial charge in [-0.1, -0.05) is 27.5 Å². The normalized spacial score (nSPS) is 13.0. The van der Waals surface area contributed by atoms with E-state index in [1.165, 1.54) is 6.07 Å². The maximum Gasteiger partial charge on any atom is 0.143 e. The maximum absolute atomic E-state index is 13.1. The summed E-state index contributed by atoms with van der Waals surface area (Å²) in [5.41, 5.74) is 6.34. The Kier molecular flexibility index (Phi) is 3.71. The van der Waals surface area contributed by atoms with Crippen LogP contribution in [0.1, 0.15) is 12.5 Å². The van der Waals surface area contributed by atoms with E-state index in [-0.39, 0.29) is 11.1 Å². The Morgan fingerprint density at radius 3 is 2.77 bits per heavy atom. The summed E-state index contributed by atoms with van der Waals surface area (Å²) in [6, 6.07) is 3.10. The molecule has 0 bridgehead atoms. The fourth-order valence-electron chi connectivity index (χ4n) is 1.10. The van der Waals surface area contributed by atoms with Crippen LogP contribution in [-0.4, -0.2) is 6.04 Å². The molecule has 0 aliphatic heterocycles. The number of hydrogen-bond donors (Lipinski definition) is 1. The molecule has 1 rings (SSSR count). The molecule has 0 aromatic heterocycles. The van der Waals surface area contributed by atoms with Crippen LogP contribution < -0.4 is 5.73 Å². The lowest BCUT2D eigenvalue weighted by molar-refractivity contribution is 0.622. The van der Waals surface area contributed by atoms with Gasteiger partial charge >= 0.3 is 0 Å². The van der Waals surface area contributed by atoms with Crippen molar-refractivity contribution in [3.8, 4) is 0 Å². The quantitative estimate of drug-likeness (QED) is 0.818. The molecule has 0 amide bonds. The first-order valence-corrected chi connectivity index (χ1v) is 5.07. The summed E-state index contributed by atoms with van der Waals surface area (Å²) >= 11 is 8.96. The molecule has 1 atom stereocenters. The Bertz CT molecular complexity index is 315. The van der Waals surface area contributed by atoms with Crippen molar-refractivity contribution in [1.82, 2.24) is 0 Å². The van der Waals surface area contributed by atoms with Crippen LogP contribution in [0.5, 0.6) is 0 Å². The van der Waals surface area contributed by atoms with Gasteiger partial charge in [0.1, 0.15) is 5.82 Å². The second-order valence-electron chi connectivity index (χ2n) is 3.04. The van der Waals surface area contributed by atoms with Crippen LogP contribution in [-0.2, 0) is 6.42 Å². The fourth-order valence-corrected chi connectivity index (χ4v) is 1.77. The van der Waals surface area contributed by atoms with Gasteiger partial charge in [-0.25, -0.2) is 4.39 Å². The van der Waals surface area contributed by atoms with Crippen LogP contribution in [0.3, 0.4) is 0 Å². The van der Waals surface area contributed by atoms with Crippen molar-refractivity contribution in [3.05, 3.63) is 33.0 Å². The topological polar surface area (TPSA) is 26.0 Å². The van der Waals surface area contributed by atoms with E-state index in [1.807, 2.05) is 6.92 Å². The molecule has 1 unspecified atom stereocenters. The SMILES string of the molecule is CC(N)Cc1cc(Br)cc(F)c1Cl. The van der Waals surface area contributed by atoms with E-state index in [0.717, 1.165) is 5.56 Å². The zero-order chi connectivity index (χ0) is 10.0. The van der Waals surface area contributed by atoms with E-state index in [4.69, 9.17) is 17.3 Å². The van der Waals surface area contributed by atoms with E-state index in [0.29, 0.717) is 10.9 Å². The van der Waals surface area contributed by atoms with Gasteiger partial charge in [-0.05, 0) is 31.0 Å². The van der Waals surface area contributed by atoms with Gasteiger partial charge in [0.25, 0.3) is 0 Å². The standard InChI is InChI=1S/C9H10BrClFN/c1-5(13)2-6-3-7(10)4-8(12)9(6)11/h3-5H,2,13H2,1H3. The van der Waals surface area contributed by atoms with Gasteiger partial charge in [0.15, 0.2) is 0 Å². The minimum Gasteiger partial charge on any atom is -0.328 e. The summed E-state index contributed by atoms with van der Waals surface area (Å²) in [4.78, 5) is 0. The predicted molar refractivity (Wildman–Crippen MR) is 56.5 cm³/mol. The molecular formula is C9H10BrClFN. The lowest BCUT2D eigenvalue weighted by Crippen LogP contribution is -2.18. The molecule has 1 aromatic rings. The van der Waals surface area contributed by atoms with Crippen LogP contribution in [0, 0.1) is 5.82 Å². The van der Waals surface area contributed by atoms with Gasteiger partial charge in [0.2, 0.25) is 0 Å². The number of halogens is 3. The summed E-state index contributed by atoms with van der Waals surface area (Å²) in [6.45, 7) is 1.86. The van der Waals surface area contributed by atoms with Gasteiger partial charge in [0.05, 0.1) is 5.02 Å². The molecule has 0 aliphatic carbocycles. The van der Waals surface area contributed by atoms with Crippen molar-refractivity contribution >= 4 is 27.5 Å². The van der Waals surface area contributed by atoms with Crippen LogP contribution >= 0.6 is 27.5 Å². The summed E-state index contributed by atoms with van der Waals surface area (Å²) in [6.07, 6.45) is 0.579. The molecular weight excluding hydrogens is 256 g/mol. The van der Waals surface area contributed by atoms with Gasteiger partial charge in [0, 0.05) is 10.5 Å². The maximum atomic E-state index is 13.1. The van der Waals surface area contributed by atoms with Crippen molar-refractivity contribution in [2.75, 3.05) is 0 Å². The highest BCUT2D eigenvalue weighted by molar-refractivity contribution is 9.10. The molecule has 1 nitrogen and oxygen atoms in total. The molecule has 0 heterocycles. The minimum atomic E-state index is -0.410. The highest BCUT2D eigenvalue weighted by Crippen LogP contribution is 2.25. The first kappa shape index (κ1) is 11.0. The number of nitrogens with two attached hydrogens (primary N) is 1. The monoisotopic (exact) mass is 265 g/mol. The van der Waals surface area contributed by atoms with E-state index in [9.17, 15) is 4.39 Å². The third kappa shape index (κ3) is 2.93. The van der Waals surface area contributed by atoms with E-state index in [2.05, 4.69) is 15.9 Å². The predicted octanol–water partition coefficient (Wildman–Crippen LogP) is 3.13. The summed E-state index contributed by atoms with van der Waals surface area (Å²) in [5.74, 6) is -0.410. The Morgan fingerprint density at radius 1 is 1.62 bits per heavy atom. The molecule has 0 radical (unpaired) electrons. The van der Waals surface area contributed by atoms with Gasteiger partial charge in [-0.15, -0.1) is 0 Å². The molecule has 0 spiro atoms. The second-order valence-corrected chi connectivity index (χ2v) is 4.34. The van der Waals surface area contributed by atoms with Crippen molar-refractivity contribution in [3.63, 3.8) is 0 Å². The number of benzene rings is 1. The molecule has 0 saturated heterocycles. The average Bonchev–Trinajstić information content (AvgIpc) is 1.98. The molecule has 1 aromatic carbocycles. The zero-order valence-electron chi connectivity index (χ0n) is 7.15. The minimum absolute atomic E-state index is 0.0220. The molecule has 0 saturated carbocycles. The molecule has 2 N–H and O–H groups in total. The second kappa shape index (κ2) is 4.40. The Morgan fingerprint density at radius 2 is 2.23 bits per heavy atom. The van der Waals surface area contributed by atoms with Crippen molar-refractivity contribution < 1.29 is 4.39 Å². The molecule has 0 fully saturated rings. The van der Waals surface area contributed by atoms with Crippen molar-refractivity contribution in [2.24, 2.45) is 5.73 Å². The van der Waals surface area contributed by atoms with Crippen LogP contribution in [0.2, 0.25) is 5.02 Å². The Labute approximate surface area is 90.2 Å². The molecule has 13 heavy (non-hydrogen) atoms. The smallest absolute Gasteiger partial charge is 0.143 e. The molecule has 72 valence electrons. The highest BCUT2D eigenvalue weighted by Gasteiger charge is 2.09. The summed E-state index contributed by atoms with van der Waals surface area (Å²) < 4.78 is 13.8. The third-order valence-corrected chi connectivity index (χ3v) is 2.49.